The Hall–Kier alpha value is -2.35. The second kappa shape index (κ2) is 6.41. The van der Waals surface area contributed by atoms with Crippen LogP contribution in [0.25, 0.3) is 11.0 Å². The fraction of sp³-hybridized carbons (Fsp3) is 0.400. The van der Waals surface area contributed by atoms with E-state index in [1.165, 1.54) is 11.3 Å². The Morgan fingerprint density at radius 3 is 2.78 bits per heavy atom. The first-order chi connectivity index (χ1) is 11.1. The second-order valence-corrected chi connectivity index (χ2v) is 6.49. The monoisotopic (exact) mass is 330 g/mol. The van der Waals surface area contributed by atoms with E-state index in [1.54, 1.807) is 9.58 Å². The summed E-state index contributed by atoms with van der Waals surface area (Å²) in [6.07, 6.45) is 0. The molecule has 8 heteroatoms. The predicted octanol–water partition coefficient (Wildman–Crippen LogP) is 2.34. The van der Waals surface area contributed by atoms with Crippen molar-refractivity contribution in [3.05, 3.63) is 29.3 Å². The van der Waals surface area contributed by atoms with E-state index in [2.05, 4.69) is 20.5 Å². The Labute approximate surface area is 137 Å². The van der Waals surface area contributed by atoms with E-state index in [4.69, 9.17) is 0 Å². The lowest BCUT2D eigenvalue weighted by molar-refractivity contribution is -0.121. The molecule has 7 nitrogen and oxygen atoms in total. The number of hydrogen-bond acceptors (Lipinski definition) is 6. The van der Waals surface area contributed by atoms with E-state index in [1.807, 2.05) is 45.0 Å². The fourth-order valence-electron chi connectivity index (χ4n) is 2.28. The van der Waals surface area contributed by atoms with Gasteiger partial charge in [-0.1, -0.05) is 42.5 Å². The Kier molecular flexibility index (Phi) is 4.33. The minimum Gasteiger partial charge on any atom is -0.287 e. The number of amides is 1. The first kappa shape index (κ1) is 15.5. The molecule has 120 valence electrons. The fourth-order valence-corrected chi connectivity index (χ4v) is 3.17. The van der Waals surface area contributed by atoms with Gasteiger partial charge in [0.05, 0.1) is 12.1 Å². The van der Waals surface area contributed by atoms with Gasteiger partial charge in [-0.3, -0.25) is 9.69 Å². The molecule has 3 rings (SSSR count). The van der Waals surface area contributed by atoms with Gasteiger partial charge in [-0.05, 0) is 19.1 Å². The van der Waals surface area contributed by atoms with Crippen molar-refractivity contribution in [3.63, 3.8) is 0 Å². The van der Waals surface area contributed by atoms with Crippen LogP contribution in [0.3, 0.4) is 0 Å². The van der Waals surface area contributed by atoms with Crippen molar-refractivity contribution in [2.75, 3.05) is 11.4 Å². The zero-order chi connectivity index (χ0) is 16.4. The van der Waals surface area contributed by atoms with E-state index in [0.29, 0.717) is 18.2 Å². The summed E-state index contributed by atoms with van der Waals surface area (Å²) in [7, 11) is 0. The van der Waals surface area contributed by atoms with Crippen molar-refractivity contribution in [2.24, 2.45) is 5.92 Å². The van der Waals surface area contributed by atoms with Crippen LogP contribution in [0.1, 0.15) is 25.8 Å². The highest BCUT2D eigenvalue weighted by molar-refractivity contribution is 7.15. The van der Waals surface area contributed by atoms with Crippen LogP contribution in [0.15, 0.2) is 24.3 Å². The van der Waals surface area contributed by atoms with Gasteiger partial charge in [0.2, 0.25) is 11.0 Å². The number of nitrogens with zero attached hydrogens (tertiary/aromatic N) is 6. The lowest BCUT2D eigenvalue weighted by atomic mass is 10.2. The molecule has 0 radical (unpaired) electrons. The number of benzene rings is 1. The third-order valence-electron chi connectivity index (χ3n) is 3.47. The molecule has 0 atom stereocenters. The van der Waals surface area contributed by atoms with Crippen molar-refractivity contribution in [1.82, 2.24) is 25.2 Å². The molecule has 3 aromatic rings. The topological polar surface area (TPSA) is 76.8 Å². The van der Waals surface area contributed by atoms with Crippen molar-refractivity contribution < 1.29 is 4.79 Å². The molecule has 0 aliphatic carbocycles. The molecule has 2 aromatic heterocycles. The molecule has 0 aliphatic rings. The molecule has 0 unspecified atom stereocenters. The van der Waals surface area contributed by atoms with E-state index >= 15 is 0 Å². The molecular formula is C15H18N6OS. The zero-order valence-electron chi connectivity index (χ0n) is 13.3. The summed E-state index contributed by atoms with van der Waals surface area (Å²) in [6.45, 7) is 6.78. The summed E-state index contributed by atoms with van der Waals surface area (Å²) in [6, 6.07) is 7.78. The molecule has 0 bridgehead atoms. The van der Waals surface area contributed by atoms with Crippen molar-refractivity contribution in [1.29, 1.82) is 0 Å². The number of fused-ring (bicyclic) bond motifs is 1. The quantitative estimate of drug-likeness (QED) is 0.717. The highest BCUT2D eigenvalue weighted by atomic mass is 32.1. The van der Waals surface area contributed by atoms with Gasteiger partial charge in [-0.25, -0.2) is 4.68 Å². The highest BCUT2D eigenvalue weighted by Crippen LogP contribution is 2.23. The average Bonchev–Trinajstić information content (AvgIpc) is 3.16. The highest BCUT2D eigenvalue weighted by Gasteiger charge is 2.21. The van der Waals surface area contributed by atoms with Crippen molar-refractivity contribution in [2.45, 2.75) is 27.3 Å². The third kappa shape index (κ3) is 3.07. The number of hydrogen-bond donors (Lipinski definition) is 0. The molecule has 0 aliphatic heterocycles. The van der Waals surface area contributed by atoms with Crippen LogP contribution in [-0.4, -0.2) is 37.6 Å². The van der Waals surface area contributed by atoms with Crippen LogP contribution in [0.5, 0.6) is 0 Å². The van der Waals surface area contributed by atoms with Crippen LogP contribution in [0.2, 0.25) is 0 Å². The maximum absolute atomic E-state index is 12.2. The van der Waals surface area contributed by atoms with Gasteiger partial charge in [0.1, 0.15) is 10.5 Å². The minimum absolute atomic E-state index is 0.0569. The van der Waals surface area contributed by atoms with Crippen LogP contribution >= 0.6 is 11.3 Å². The lowest BCUT2D eigenvalue weighted by Crippen LogP contribution is -2.33. The summed E-state index contributed by atoms with van der Waals surface area (Å²) in [4.78, 5) is 13.9. The summed E-state index contributed by atoms with van der Waals surface area (Å²) in [5, 5.41) is 18.1. The van der Waals surface area contributed by atoms with Crippen LogP contribution in [-0.2, 0) is 11.3 Å². The summed E-state index contributed by atoms with van der Waals surface area (Å²) >= 11 is 1.41. The zero-order valence-corrected chi connectivity index (χ0v) is 14.1. The summed E-state index contributed by atoms with van der Waals surface area (Å²) in [5.41, 5.74) is 1.80. The molecule has 0 N–H and O–H groups in total. The van der Waals surface area contributed by atoms with Gasteiger partial charge in [-0.2, -0.15) is 0 Å². The molecule has 2 heterocycles. The largest absolute Gasteiger partial charge is 0.287 e. The lowest BCUT2D eigenvalue weighted by Gasteiger charge is -2.18. The minimum atomic E-state index is -0.0680. The van der Waals surface area contributed by atoms with Gasteiger partial charge in [0.25, 0.3) is 0 Å². The van der Waals surface area contributed by atoms with Gasteiger partial charge in [0, 0.05) is 12.5 Å². The number of anilines is 1. The van der Waals surface area contributed by atoms with Crippen molar-refractivity contribution >= 4 is 33.4 Å². The Morgan fingerprint density at radius 2 is 2.04 bits per heavy atom. The summed E-state index contributed by atoms with van der Waals surface area (Å²) < 4.78 is 1.79. The normalized spacial score (nSPS) is 11.3. The number of aromatic nitrogens is 5. The Morgan fingerprint density at radius 1 is 1.26 bits per heavy atom. The van der Waals surface area contributed by atoms with E-state index in [9.17, 15) is 4.79 Å². The van der Waals surface area contributed by atoms with Gasteiger partial charge < -0.3 is 0 Å². The number of carbonyl (C=O) groups is 1. The third-order valence-corrected chi connectivity index (χ3v) is 4.40. The van der Waals surface area contributed by atoms with Gasteiger partial charge in [0.15, 0.2) is 0 Å². The van der Waals surface area contributed by atoms with Crippen LogP contribution in [0, 0.1) is 5.92 Å². The van der Waals surface area contributed by atoms with E-state index in [0.717, 1.165) is 16.0 Å². The van der Waals surface area contributed by atoms with E-state index < -0.39 is 0 Å². The van der Waals surface area contributed by atoms with Gasteiger partial charge in [-0.15, -0.1) is 15.3 Å². The molecular weight excluding hydrogens is 312 g/mol. The second-order valence-electron chi connectivity index (χ2n) is 5.45. The van der Waals surface area contributed by atoms with E-state index in [-0.39, 0.29) is 11.8 Å². The van der Waals surface area contributed by atoms with Crippen molar-refractivity contribution in [3.8, 4) is 0 Å². The maximum Gasteiger partial charge on any atom is 0.231 e. The first-order valence-electron chi connectivity index (χ1n) is 7.52. The number of rotatable bonds is 5. The smallest absolute Gasteiger partial charge is 0.231 e. The van der Waals surface area contributed by atoms with Gasteiger partial charge >= 0.3 is 0 Å². The van der Waals surface area contributed by atoms with Crippen LogP contribution in [0.4, 0.5) is 5.13 Å². The predicted molar refractivity (Wildman–Crippen MR) is 89.4 cm³/mol. The molecule has 0 saturated carbocycles. The number of para-hydroxylation sites is 1. The SMILES string of the molecule is CCN(C(=O)C(C)C)c1nnc(Cn2nnc3ccccc32)s1. The molecule has 1 amide bonds. The Balaban J connectivity index is 1.83. The summed E-state index contributed by atoms with van der Waals surface area (Å²) in [5.74, 6) is -0.0111. The number of carbonyl (C=O) groups excluding carboxylic acids is 1. The Bertz CT molecular complexity index is 824. The molecule has 0 spiro atoms. The average molecular weight is 330 g/mol. The molecule has 1 aromatic carbocycles. The van der Waals surface area contributed by atoms with Crippen LogP contribution < -0.4 is 4.90 Å². The molecule has 0 saturated heterocycles. The maximum atomic E-state index is 12.2. The first-order valence-corrected chi connectivity index (χ1v) is 8.33. The standard InChI is InChI=1S/C15H18N6OS/c1-4-20(14(22)10(2)3)15-18-17-13(23-15)9-21-12-8-6-5-7-11(12)16-19-21/h5-8,10H,4,9H2,1-3H3. The molecule has 23 heavy (non-hydrogen) atoms. The molecule has 0 fully saturated rings.